The third-order valence-electron chi connectivity index (χ3n) is 4.18. The Bertz CT molecular complexity index is 234. The monoisotopic (exact) mass is 226 g/mol. The number of likely N-dealkylation sites (N-methyl/N-ethyl adjacent to an activating group) is 1. The van der Waals surface area contributed by atoms with Crippen molar-refractivity contribution in [1.82, 2.24) is 10.2 Å². The van der Waals surface area contributed by atoms with Crippen LogP contribution in [-0.4, -0.2) is 48.3 Å². The second-order valence-electron chi connectivity index (χ2n) is 6.05. The van der Waals surface area contributed by atoms with E-state index in [2.05, 4.69) is 24.2 Å². The van der Waals surface area contributed by atoms with Crippen LogP contribution < -0.4 is 5.32 Å². The first-order valence-electron chi connectivity index (χ1n) is 6.72. The Balaban J connectivity index is 1.75. The Morgan fingerprint density at radius 2 is 2.25 bits per heavy atom. The van der Waals surface area contributed by atoms with Gasteiger partial charge in [-0.15, -0.1) is 0 Å². The van der Waals surface area contributed by atoms with Crippen molar-refractivity contribution < 1.29 is 5.11 Å². The molecule has 2 aliphatic rings. The zero-order valence-corrected chi connectivity index (χ0v) is 10.7. The first-order chi connectivity index (χ1) is 7.57. The lowest BCUT2D eigenvalue weighted by Crippen LogP contribution is -2.47. The van der Waals surface area contributed by atoms with Crippen LogP contribution in [0.5, 0.6) is 0 Å². The Morgan fingerprint density at radius 1 is 1.44 bits per heavy atom. The summed E-state index contributed by atoms with van der Waals surface area (Å²) >= 11 is 0. The van der Waals surface area contributed by atoms with Crippen LogP contribution in [0.15, 0.2) is 0 Å². The minimum Gasteiger partial charge on any atom is -0.389 e. The van der Waals surface area contributed by atoms with Crippen LogP contribution in [0.25, 0.3) is 0 Å². The third-order valence-corrected chi connectivity index (χ3v) is 4.18. The molecule has 1 aliphatic heterocycles. The molecule has 3 nitrogen and oxygen atoms in total. The van der Waals surface area contributed by atoms with Crippen molar-refractivity contribution in [1.29, 1.82) is 0 Å². The highest BCUT2D eigenvalue weighted by Gasteiger charge is 2.33. The molecule has 3 atom stereocenters. The zero-order valence-electron chi connectivity index (χ0n) is 10.7. The van der Waals surface area contributed by atoms with Crippen LogP contribution in [0.2, 0.25) is 0 Å². The van der Waals surface area contributed by atoms with E-state index in [0.29, 0.717) is 12.0 Å². The van der Waals surface area contributed by atoms with E-state index < -0.39 is 5.60 Å². The normalized spacial score (nSPS) is 41.4. The molecule has 1 heterocycles. The van der Waals surface area contributed by atoms with E-state index in [1.54, 1.807) is 0 Å². The lowest BCUT2D eigenvalue weighted by atomic mass is 9.79. The molecule has 3 heteroatoms. The van der Waals surface area contributed by atoms with E-state index in [0.717, 1.165) is 25.9 Å². The fraction of sp³-hybridized carbons (Fsp3) is 1.00. The van der Waals surface area contributed by atoms with Crippen LogP contribution >= 0.6 is 0 Å². The fourth-order valence-electron chi connectivity index (χ4n) is 3.23. The molecular weight excluding hydrogens is 200 g/mol. The van der Waals surface area contributed by atoms with Crippen LogP contribution in [0.1, 0.15) is 39.0 Å². The number of nitrogens with one attached hydrogen (secondary N) is 1. The number of hydrogen-bond acceptors (Lipinski definition) is 3. The summed E-state index contributed by atoms with van der Waals surface area (Å²) in [5.74, 6) is 0.687. The third kappa shape index (κ3) is 3.19. The van der Waals surface area contributed by atoms with Crippen LogP contribution in [0.3, 0.4) is 0 Å². The molecule has 0 radical (unpaired) electrons. The molecule has 1 saturated carbocycles. The average molecular weight is 226 g/mol. The second kappa shape index (κ2) is 5.03. The smallest absolute Gasteiger partial charge is 0.0774 e. The predicted molar refractivity (Wildman–Crippen MR) is 66.5 cm³/mol. The molecule has 0 aromatic rings. The minimum atomic E-state index is -0.432. The van der Waals surface area contributed by atoms with Gasteiger partial charge in [0, 0.05) is 19.1 Å². The summed E-state index contributed by atoms with van der Waals surface area (Å²) in [6.45, 7) is 5.36. The summed E-state index contributed by atoms with van der Waals surface area (Å²) in [7, 11) is 2.17. The van der Waals surface area contributed by atoms with Crippen molar-refractivity contribution in [3.05, 3.63) is 0 Å². The summed E-state index contributed by atoms with van der Waals surface area (Å²) < 4.78 is 0. The van der Waals surface area contributed by atoms with Crippen molar-refractivity contribution >= 4 is 0 Å². The van der Waals surface area contributed by atoms with Crippen molar-refractivity contribution in [2.75, 3.05) is 26.7 Å². The molecule has 94 valence electrons. The van der Waals surface area contributed by atoms with Crippen LogP contribution in [-0.2, 0) is 0 Å². The lowest BCUT2D eigenvalue weighted by Gasteiger charge is -2.36. The standard InChI is InChI=1S/C13H26N2O/c1-11-4-3-6-13(16,8-11)10-14-12-5-7-15(2)9-12/h11-12,14,16H,3-10H2,1-2H3. The molecule has 0 amide bonds. The van der Waals surface area contributed by atoms with Gasteiger partial charge in [0.2, 0.25) is 0 Å². The van der Waals surface area contributed by atoms with E-state index in [1.165, 1.54) is 25.8 Å². The Labute approximate surface area is 99.2 Å². The molecule has 0 aromatic carbocycles. The summed E-state index contributed by atoms with van der Waals surface area (Å²) in [5, 5.41) is 14.0. The van der Waals surface area contributed by atoms with Gasteiger partial charge in [-0.2, -0.15) is 0 Å². The largest absolute Gasteiger partial charge is 0.389 e. The maximum atomic E-state index is 10.5. The summed E-state index contributed by atoms with van der Waals surface area (Å²) in [6.07, 6.45) is 5.65. The number of hydrogen-bond donors (Lipinski definition) is 2. The Kier molecular flexibility index (Phi) is 3.88. The first-order valence-corrected chi connectivity index (χ1v) is 6.72. The van der Waals surface area contributed by atoms with E-state index in [1.807, 2.05) is 0 Å². The summed E-state index contributed by atoms with van der Waals surface area (Å²) in [5.41, 5.74) is -0.432. The highest BCUT2D eigenvalue weighted by Crippen LogP contribution is 2.31. The van der Waals surface area contributed by atoms with Gasteiger partial charge in [0.25, 0.3) is 0 Å². The molecule has 16 heavy (non-hydrogen) atoms. The van der Waals surface area contributed by atoms with Crippen LogP contribution in [0.4, 0.5) is 0 Å². The van der Waals surface area contributed by atoms with Gasteiger partial charge in [-0.1, -0.05) is 19.8 Å². The van der Waals surface area contributed by atoms with Gasteiger partial charge in [0.15, 0.2) is 0 Å². The van der Waals surface area contributed by atoms with E-state index >= 15 is 0 Å². The molecule has 0 bridgehead atoms. The van der Waals surface area contributed by atoms with Crippen molar-refractivity contribution in [3.8, 4) is 0 Å². The number of rotatable bonds is 3. The molecule has 2 rings (SSSR count). The number of nitrogens with zero attached hydrogens (tertiary/aromatic N) is 1. The van der Waals surface area contributed by atoms with Crippen molar-refractivity contribution in [2.24, 2.45) is 5.92 Å². The predicted octanol–water partition coefficient (Wildman–Crippen LogP) is 1.22. The number of aliphatic hydroxyl groups is 1. The Morgan fingerprint density at radius 3 is 2.88 bits per heavy atom. The zero-order chi connectivity index (χ0) is 11.6. The summed E-state index contributed by atoms with van der Waals surface area (Å²) in [4.78, 5) is 2.35. The van der Waals surface area contributed by atoms with Gasteiger partial charge >= 0.3 is 0 Å². The van der Waals surface area contributed by atoms with Gasteiger partial charge in [-0.05, 0) is 38.8 Å². The van der Waals surface area contributed by atoms with Gasteiger partial charge < -0.3 is 15.3 Å². The second-order valence-corrected chi connectivity index (χ2v) is 6.05. The molecule has 3 unspecified atom stereocenters. The molecule has 1 aliphatic carbocycles. The van der Waals surface area contributed by atoms with Crippen molar-refractivity contribution in [2.45, 2.75) is 50.7 Å². The topological polar surface area (TPSA) is 35.5 Å². The van der Waals surface area contributed by atoms with Crippen LogP contribution in [0, 0.1) is 5.92 Å². The summed E-state index contributed by atoms with van der Waals surface area (Å²) in [6, 6.07) is 0.589. The number of likely N-dealkylation sites (tertiary alicyclic amines) is 1. The maximum absolute atomic E-state index is 10.5. The highest BCUT2D eigenvalue weighted by atomic mass is 16.3. The highest BCUT2D eigenvalue weighted by molar-refractivity contribution is 4.89. The average Bonchev–Trinajstić information content (AvgIpc) is 2.61. The molecule has 0 aromatic heterocycles. The molecule has 1 saturated heterocycles. The van der Waals surface area contributed by atoms with E-state index in [4.69, 9.17) is 0 Å². The van der Waals surface area contributed by atoms with Gasteiger partial charge in [0.05, 0.1) is 5.60 Å². The molecule has 2 N–H and O–H groups in total. The maximum Gasteiger partial charge on any atom is 0.0774 e. The van der Waals surface area contributed by atoms with Gasteiger partial charge in [-0.25, -0.2) is 0 Å². The molecule has 0 spiro atoms. The molecular formula is C13H26N2O. The SMILES string of the molecule is CC1CCCC(O)(CNC2CCN(C)C2)C1. The quantitative estimate of drug-likeness (QED) is 0.759. The Hall–Kier alpha value is -0.120. The first kappa shape index (κ1) is 12.3. The van der Waals surface area contributed by atoms with E-state index in [-0.39, 0.29) is 0 Å². The lowest BCUT2D eigenvalue weighted by molar-refractivity contribution is -0.0134. The fourth-order valence-corrected chi connectivity index (χ4v) is 3.23. The molecule has 2 fully saturated rings. The van der Waals surface area contributed by atoms with Crippen molar-refractivity contribution in [3.63, 3.8) is 0 Å². The van der Waals surface area contributed by atoms with Gasteiger partial charge in [-0.3, -0.25) is 0 Å². The van der Waals surface area contributed by atoms with E-state index in [9.17, 15) is 5.11 Å². The van der Waals surface area contributed by atoms with Gasteiger partial charge in [0.1, 0.15) is 0 Å². The minimum absolute atomic E-state index is 0.432.